The van der Waals surface area contributed by atoms with E-state index in [4.69, 9.17) is 0 Å². The maximum absolute atomic E-state index is 3.54. The lowest BCUT2D eigenvalue weighted by Gasteiger charge is -2.31. The van der Waals surface area contributed by atoms with Gasteiger partial charge in [-0.05, 0) is 51.8 Å². The van der Waals surface area contributed by atoms with Crippen molar-refractivity contribution in [2.75, 3.05) is 7.05 Å². The van der Waals surface area contributed by atoms with Gasteiger partial charge in [-0.25, -0.2) is 0 Å². The molecule has 2 heteroatoms. The van der Waals surface area contributed by atoms with E-state index in [9.17, 15) is 0 Å². The molecule has 1 aromatic rings. The Hall–Kier alpha value is -0.860. The number of hydrogen-bond acceptors (Lipinski definition) is 2. The molecule has 1 aliphatic carbocycles. The van der Waals surface area contributed by atoms with Crippen LogP contribution in [0.2, 0.25) is 0 Å². The summed E-state index contributed by atoms with van der Waals surface area (Å²) >= 11 is 0. The molecule has 118 valence electrons. The highest BCUT2D eigenvalue weighted by molar-refractivity contribution is 5.22. The first-order valence-electron chi connectivity index (χ1n) is 8.47. The molecule has 0 unspecified atom stereocenters. The highest BCUT2D eigenvalue weighted by Gasteiger charge is 2.17. The third kappa shape index (κ3) is 5.80. The Labute approximate surface area is 130 Å². The number of nitrogens with zero attached hydrogens (tertiary/aromatic N) is 1. The molecule has 0 radical (unpaired) electrons. The van der Waals surface area contributed by atoms with Gasteiger partial charge in [-0.15, -0.1) is 0 Å². The second-order valence-corrected chi connectivity index (χ2v) is 7.63. The van der Waals surface area contributed by atoms with Crippen molar-refractivity contribution in [1.82, 2.24) is 10.2 Å². The largest absolute Gasteiger partial charge is 0.308 e. The molecular formula is C19H32N2. The lowest BCUT2D eigenvalue weighted by Crippen LogP contribution is -2.35. The Balaban J connectivity index is 1.84. The molecule has 1 aromatic carbocycles. The Morgan fingerprint density at radius 1 is 1.00 bits per heavy atom. The smallest absolute Gasteiger partial charge is 0.0233 e. The lowest BCUT2D eigenvalue weighted by molar-refractivity contribution is 0.184. The van der Waals surface area contributed by atoms with Crippen molar-refractivity contribution in [1.29, 1.82) is 0 Å². The van der Waals surface area contributed by atoms with Crippen molar-refractivity contribution < 1.29 is 0 Å². The van der Waals surface area contributed by atoms with Crippen molar-refractivity contribution in [2.24, 2.45) is 0 Å². The molecule has 0 amide bonds. The number of rotatable bonds is 5. The lowest BCUT2D eigenvalue weighted by atomic mass is 9.94. The van der Waals surface area contributed by atoms with Gasteiger partial charge in [0.25, 0.3) is 0 Å². The van der Waals surface area contributed by atoms with E-state index in [1.54, 1.807) is 0 Å². The summed E-state index contributed by atoms with van der Waals surface area (Å²) in [6, 6.07) is 9.91. The molecule has 0 heterocycles. The van der Waals surface area contributed by atoms with E-state index in [1.807, 2.05) is 0 Å². The Morgan fingerprint density at radius 2 is 1.57 bits per heavy atom. The van der Waals surface area contributed by atoms with Crippen LogP contribution in [-0.4, -0.2) is 23.5 Å². The van der Waals surface area contributed by atoms with E-state index in [0.717, 1.165) is 19.1 Å². The van der Waals surface area contributed by atoms with Gasteiger partial charge in [0.05, 0.1) is 0 Å². The Kier molecular flexibility index (Phi) is 5.83. The van der Waals surface area contributed by atoms with Crippen molar-refractivity contribution in [2.45, 2.75) is 77.5 Å². The van der Waals surface area contributed by atoms with Gasteiger partial charge in [0.1, 0.15) is 0 Å². The van der Waals surface area contributed by atoms with E-state index >= 15 is 0 Å². The zero-order valence-electron chi connectivity index (χ0n) is 14.3. The summed E-state index contributed by atoms with van der Waals surface area (Å²) < 4.78 is 0. The van der Waals surface area contributed by atoms with E-state index in [0.29, 0.717) is 0 Å². The molecule has 1 saturated carbocycles. The third-order valence-corrected chi connectivity index (χ3v) is 4.48. The molecule has 0 saturated heterocycles. The van der Waals surface area contributed by atoms with E-state index in [-0.39, 0.29) is 5.54 Å². The van der Waals surface area contributed by atoms with Crippen LogP contribution in [0.3, 0.4) is 0 Å². The van der Waals surface area contributed by atoms with Gasteiger partial charge >= 0.3 is 0 Å². The zero-order chi connectivity index (χ0) is 15.3. The average Bonchev–Trinajstić information content (AvgIpc) is 2.46. The van der Waals surface area contributed by atoms with Crippen LogP contribution in [0.25, 0.3) is 0 Å². The van der Waals surface area contributed by atoms with Gasteiger partial charge in [0, 0.05) is 24.7 Å². The molecular weight excluding hydrogens is 256 g/mol. The first kappa shape index (κ1) is 16.5. The fourth-order valence-corrected chi connectivity index (χ4v) is 3.07. The predicted molar refractivity (Wildman–Crippen MR) is 91.4 cm³/mol. The monoisotopic (exact) mass is 288 g/mol. The normalized spacial score (nSPS) is 17.4. The zero-order valence-corrected chi connectivity index (χ0v) is 14.3. The fraction of sp³-hybridized carbons (Fsp3) is 0.684. The van der Waals surface area contributed by atoms with E-state index in [1.165, 1.54) is 43.2 Å². The van der Waals surface area contributed by atoms with Gasteiger partial charge in [-0.1, -0.05) is 43.5 Å². The Morgan fingerprint density at radius 3 is 2.14 bits per heavy atom. The van der Waals surface area contributed by atoms with Crippen LogP contribution in [0.4, 0.5) is 0 Å². The predicted octanol–water partition coefficient (Wildman–Crippen LogP) is 4.34. The molecule has 21 heavy (non-hydrogen) atoms. The molecule has 0 spiro atoms. The van der Waals surface area contributed by atoms with Crippen LogP contribution in [-0.2, 0) is 13.1 Å². The number of nitrogens with one attached hydrogen (secondary N) is 1. The Bertz CT molecular complexity index is 410. The second-order valence-electron chi connectivity index (χ2n) is 7.63. The molecule has 0 atom stereocenters. The summed E-state index contributed by atoms with van der Waals surface area (Å²) in [4.78, 5) is 2.54. The van der Waals surface area contributed by atoms with Gasteiger partial charge in [-0.3, -0.25) is 4.90 Å². The topological polar surface area (TPSA) is 15.3 Å². The molecule has 0 bridgehead atoms. The molecule has 0 aliphatic heterocycles. The third-order valence-electron chi connectivity index (χ3n) is 4.48. The van der Waals surface area contributed by atoms with Crippen molar-refractivity contribution in [3.8, 4) is 0 Å². The standard InChI is InChI=1S/C19H32N2/c1-19(2,3)20-14-16-10-12-17(13-11-16)15-21(4)18-8-6-5-7-9-18/h10-13,18,20H,5-9,14-15H2,1-4H3. The fourth-order valence-electron chi connectivity index (χ4n) is 3.07. The molecule has 1 fully saturated rings. The molecule has 2 nitrogen and oxygen atoms in total. The maximum atomic E-state index is 3.54. The van der Waals surface area contributed by atoms with Crippen LogP contribution in [0.15, 0.2) is 24.3 Å². The van der Waals surface area contributed by atoms with E-state index in [2.05, 4.69) is 62.3 Å². The van der Waals surface area contributed by atoms with Crippen LogP contribution in [0.5, 0.6) is 0 Å². The minimum atomic E-state index is 0.180. The number of hydrogen-bond donors (Lipinski definition) is 1. The van der Waals surface area contributed by atoms with Gasteiger partial charge < -0.3 is 5.32 Å². The maximum Gasteiger partial charge on any atom is 0.0233 e. The number of benzene rings is 1. The van der Waals surface area contributed by atoms with Crippen molar-refractivity contribution in [3.05, 3.63) is 35.4 Å². The average molecular weight is 288 g/mol. The summed E-state index contributed by atoms with van der Waals surface area (Å²) in [5, 5.41) is 3.54. The second kappa shape index (κ2) is 7.42. The minimum Gasteiger partial charge on any atom is -0.308 e. The van der Waals surface area contributed by atoms with Gasteiger partial charge in [0.2, 0.25) is 0 Å². The minimum absolute atomic E-state index is 0.180. The van der Waals surface area contributed by atoms with Gasteiger partial charge in [0.15, 0.2) is 0 Å². The highest BCUT2D eigenvalue weighted by Crippen LogP contribution is 2.22. The summed E-state index contributed by atoms with van der Waals surface area (Å²) in [5.74, 6) is 0. The highest BCUT2D eigenvalue weighted by atomic mass is 15.1. The summed E-state index contributed by atoms with van der Waals surface area (Å²) in [6.07, 6.45) is 7.01. The molecule has 0 aromatic heterocycles. The molecule has 1 N–H and O–H groups in total. The van der Waals surface area contributed by atoms with E-state index < -0.39 is 0 Å². The van der Waals surface area contributed by atoms with Crippen molar-refractivity contribution >= 4 is 0 Å². The first-order valence-corrected chi connectivity index (χ1v) is 8.47. The van der Waals surface area contributed by atoms with Crippen molar-refractivity contribution in [3.63, 3.8) is 0 Å². The first-order chi connectivity index (χ1) is 9.94. The van der Waals surface area contributed by atoms with Crippen LogP contribution >= 0.6 is 0 Å². The SMILES string of the molecule is CN(Cc1ccc(CNC(C)(C)C)cc1)C1CCCCC1. The quantitative estimate of drug-likeness (QED) is 0.867. The van der Waals surface area contributed by atoms with Crippen LogP contribution < -0.4 is 5.32 Å². The van der Waals surface area contributed by atoms with Gasteiger partial charge in [-0.2, -0.15) is 0 Å². The molecule has 1 aliphatic rings. The summed E-state index contributed by atoms with van der Waals surface area (Å²) in [7, 11) is 2.28. The summed E-state index contributed by atoms with van der Waals surface area (Å²) in [5.41, 5.74) is 2.98. The van der Waals surface area contributed by atoms with Crippen LogP contribution in [0, 0.1) is 0 Å². The summed E-state index contributed by atoms with van der Waals surface area (Å²) in [6.45, 7) is 8.65. The van der Waals surface area contributed by atoms with Crippen LogP contribution in [0.1, 0.15) is 64.0 Å². The molecule has 2 rings (SSSR count).